The van der Waals surface area contributed by atoms with E-state index in [0.29, 0.717) is 0 Å². The molecule has 0 aliphatic carbocycles. The smallest absolute Gasteiger partial charge is 0.232 e. The summed E-state index contributed by atoms with van der Waals surface area (Å²) in [5.41, 5.74) is 1.11. The van der Waals surface area contributed by atoms with E-state index in [1.54, 1.807) is 0 Å². The van der Waals surface area contributed by atoms with Gasteiger partial charge in [0, 0.05) is 6.54 Å². The number of hydrogen-bond donors (Lipinski definition) is 1. The molecule has 1 amide bonds. The Kier molecular flexibility index (Phi) is 5.92. The van der Waals surface area contributed by atoms with Gasteiger partial charge in [-0.05, 0) is 23.8 Å². The molecule has 128 valence electrons. The molecule has 1 N–H and O–H groups in total. The lowest BCUT2D eigenvalue weighted by Crippen LogP contribution is -2.38. The van der Waals surface area contributed by atoms with Crippen LogP contribution in [0, 0.1) is 5.82 Å². The third kappa shape index (κ3) is 5.34. The summed E-state index contributed by atoms with van der Waals surface area (Å²) in [7, 11) is -3.58. The summed E-state index contributed by atoms with van der Waals surface area (Å²) in [6.45, 7) is 0.165. The largest absolute Gasteiger partial charge is 0.354 e. The molecular formula is C17H19FN2O3S. The van der Waals surface area contributed by atoms with Gasteiger partial charge in [0.15, 0.2) is 0 Å². The molecule has 0 atom stereocenters. The Balaban J connectivity index is 1.95. The van der Waals surface area contributed by atoms with Gasteiger partial charge in [0.2, 0.25) is 15.9 Å². The summed E-state index contributed by atoms with van der Waals surface area (Å²) >= 11 is 0. The fraction of sp³-hybridized carbons (Fsp3) is 0.235. The first kappa shape index (κ1) is 17.9. The first-order valence-electron chi connectivity index (χ1n) is 7.40. The molecule has 0 spiro atoms. The fourth-order valence-corrected chi connectivity index (χ4v) is 3.18. The lowest BCUT2D eigenvalue weighted by Gasteiger charge is -2.22. The minimum atomic E-state index is -3.58. The van der Waals surface area contributed by atoms with Crippen LogP contribution in [0.15, 0.2) is 54.6 Å². The van der Waals surface area contributed by atoms with Crippen molar-refractivity contribution in [1.29, 1.82) is 0 Å². The summed E-state index contributed by atoms with van der Waals surface area (Å²) in [4.78, 5) is 11.9. The molecule has 0 bridgehead atoms. The van der Waals surface area contributed by atoms with E-state index in [1.165, 1.54) is 18.2 Å². The number of nitrogens with one attached hydrogen (secondary N) is 1. The topological polar surface area (TPSA) is 66.5 Å². The lowest BCUT2D eigenvalue weighted by atomic mass is 10.1. The zero-order chi connectivity index (χ0) is 17.6. The normalized spacial score (nSPS) is 11.1. The van der Waals surface area contributed by atoms with Crippen molar-refractivity contribution in [2.45, 2.75) is 6.42 Å². The van der Waals surface area contributed by atoms with Crippen molar-refractivity contribution >= 4 is 21.6 Å². The highest BCUT2D eigenvalue weighted by molar-refractivity contribution is 7.92. The zero-order valence-corrected chi connectivity index (χ0v) is 14.1. The Hall–Kier alpha value is -2.41. The molecule has 0 aliphatic heterocycles. The molecule has 0 heterocycles. The Labute approximate surface area is 141 Å². The van der Waals surface area contributed by atoms with Crippen LogP contribution in [-0.2, 0) is 21.2 Å². The minimum Gasteiger partial charge on any atom is -0.354 e. The van der Waals surface area contributed by atoms with Crippen molar-refractivity contribution in [2.75, 3.05) is 23.7 Å². The Morgan fingerprint density at radius 1 is 1.12 bits per heavy atom. The molecule has 0 radical (unpaired) electrons. The van der Waals surface area contributed by atoms with Crippen LogP contribution in [0.3, 0.4) is 0 Å². The van der Waals surface area contributed by atoms with Crippen molar-refractivity contribution in [3.05, 3.63) is 66.0 Å². The maximum absolute atomic E-state index is 13.3. The highest BCUT2D eigenvalue weighted by Crippen LogP contribution is 2.17. The predicted molar refractivity (Wildman–Crippen MR) is 91.7 cm³/mol. The number of nitrogens with zero attached hydrogens (tertiary/aromatic N) is 1. The van der Waals surface area contributed by atoms with Crippen LogP contribution in [0.25, 0.3) is 0 Å². The molecule has 2 rings (SSSR count). The van der Waals surface area contributed by atoms with Crippen LogP contribution in [0.4, 0.5) is 10.1 Å². The van der Waals surface area contributed by atoms with Crippen LogP contribution >= 0.6 is 0 Å². The number of halogens is 1. The highest BCUT2D eigenvalue weighted by atomic mass is 32.2. The molecule has 0 saturated heterocycles. The molecule has 24 heavy (non-hydrogen) atoms. The third-order valence-electron chi connectivity index (χ3n) is 3.34. The van der Waals surface area contributed by atoms with Gasteiger partial charge in [-0.25, -0.2) is 12.8 Å². The van der Waals surface area contributed by atoms with E-state index in [0.717, 1.165) is 22.2 Å². The molecule has 0 aliphatic rings. The van der Waals surface area contributed by atoms with Crippen LogP contribution < -0.4 is 9.62 Å². The molecular weight excluding hydrogens is 331 g/mol. The van der Waals surface area contributed by atoms with Crippen molar-refractivity contribution in [1.82, 2.24) is 5.32 Å². The van der Waals surface area contributed by atoms with Crippen molar-refractivity contribution in [2.24, 2.45) is 0 Å². The second kappa shape index (κ2) is 7.92. The summed E-state index contributed by atoms with van der Waals surface area (Å²) < 4.78 is 38.2. The van der Waals surface area contributed by atoms with Gasteiger partial charge in [0.05, 0.1) is 24.9 Å². The monoisotopic (exact) mass is 350 g/mol. The number of benzene rings is 2. The van der Waals surface area contributed by atoms with Crippen LogP contribution in [0.1, 0.15) is 5.56 Å². The molecule has 5 nitrogen and oxygen atoms in total. The molecule has 2 aromatic carbocycles. The van der Waals surface area contributed by atoms with Gasteiger partial charge < -0.3 is 5.32 Å². The van der Waals surface area contributed by atoms with Gasteiger partial charge in [-0.15, -0.1) is 0 Å². The number of carbonyl (C=O) groups is 1. The van der Waals surface area contributed by atoms with Crippen molar-refractivity contribution in [3.8, 4) is 0 Å². The SMILES string of the molecule is CS(=O)(=O)N(CCNC(=O)Cc1ccccc1)c1cccc(F)c1. The Morgan fingerprint density at radius 3 is 2.46 bits per heavy atom. The van der Waals surface area contributed by atoms with Crippen LogP contribution in [-0.4, -0.2) is 33.7 Å². The van der Waals surface area contributed by atoms with Gasteiger partial charge in [-0.1, -0.05) is 36.4 Å². The highest BCUT2D eigenvalue weighted by Gasteiger charge is 2.17. The van der Waals surface area contributed by atoms with Gasteiger partial charge in [-0.2, -0.15) is 0 Å². The second-order valence-electron chi connectivity index (χ2n) is 5.33. The number of sulfonamides is 1. The lowest BCUT2D eigenvalue weighted by molar-refractivity contribution is -0.120. The Bertz CT molecular complexity index is 794. The van der Waals surface area contributed by atoms with Gasteiger partial charge in [0.25, 0.3) is 0 Å². The predicted octanol–water partition coefficient (Wildman–Crippen LogP) is 1.95. The number of carbonyl (C=O) groups excluding carboxylic acids is 1. The quantitative estimate of drug-likeness (QED) is 0.830. The first-order valence-corrected chi connectivity index (χ1v) is 9.25. The van der Waals surface area contributed by atoms with E-state index < -0.39 is 15.8 Å². The maximum Gasteiger partial charge on any atom is 0.232 e. The molecule has 2 aromatic rings. The first-order chi connectivity index (χ1) is 11.4. The van der Waals surface area contributed by atoms with Crippen LogP contribution in [0.2, 0.25) is 0 Å². The minimum absolute atomic E-state index is 0.0306. The van der Waals surface area contributed by atoms with E-state index in [4.69, 9.17) is 0 Å². The van der Waals surface area contributed by atoms with E-state index in [-0.39, 0.29) is 31.1 Å². The molecule has 7 heteroatoms. The molecule has 0 saturated carbocycles. The molecule has 0 unspecified atom stereocenters. The molecule has 0 fully saturated rings. The van der Waals surface area contributed by atoms with Crippen molar-refractivity contribution < 1.29 is 17.6 Å². The van der Waals surface area contributed by atoms with E-state index in [2.05, 4.69) is 5.32 Å². The summed E-state index contributed by atoms with van der Waals surface area (Å²) in [6.07, 6.45) is 1.27. The van der Waals surface area contributed by atoms with E-state index in [1.807, 2.05) is 30.3 Å². The zero-order valence-electron chi connectivity index (χ0n) is 13.3. The number of rotatable bonds is 7. The molecule has 0 aromatic heterocycles. The maximum atomic E-state index is 13.3. The average molecular weight is 350 g/mol. The van der Waals surface area contributed by atoms with Gasteiger partial charge in [0.1, 0.15) is 5.82 Å². The third-order valence-corrected chi connectivity index (χ3v) is 4.54. The Morgan fingerprint density at radius 2 is 1.83 bits per heavy atom. The van der Waals surface area contributed by atoms with Crippen molar-refractivity contribution in [3.63, 3.8) is 0 Å². The van der Waals surface area contributed by atoms with Gasteiger partial charge >= 0.3 is 0 Å². The second-order valence-corrected chi connectivity index (χ2v) is 7.23. The fourth-order valence-electron chi connectivity index (χ4n) is 2.26. The van der Waals surface area contributed by atoms with Gasteiger partial charge in [-0.3, -0.25) is 9.10 Å². The summed E-state index contributed by atoms with van der Waals surface area (Å²) in [6, 6.07) is 14.6. The number of anilines is 1. The summed E-state index contributed by atoms with van der Waals surface area (Å²) in [5, 5.41) is 2.68. The van der Waals surface area contributed by atoms with E-state index >= 15 is 0 Å². The van der Waals surface area contributed by atoms with E-state index in [9.17, 15) is 17.6 Å². The van der Waals surface area contributed by atoms with Crippen LogP contribution in [0.5, 0.6) is 0 Å². The number of hydrogen-bond acceptors (Lipinski definition) is 3. The summed E-state index contributed by atoms with van der Waals surface area (Å²) in [5.74, 6) is -0.719. The number of amides is 1. The standard InChI is InChI=1S/C17H19FN2O3S/c1-24(22,23)20(16-9-5-8-15(18)13-16)11-10-19-17(21)12-14-6-3-2-4-7-14/h2-9,13H,10-12H2,1H3,(H,19,21). The average Bonchev–Trinajstić information content (AvgIpc) is 2.51.